The molecule has 1 fully saturated rings. The van der Waals surface area contributed by atoms with Crippen molar-refractivity contribution in [3.63, 3.8) is 0 Å². The van der Waals surface area contributed by atoms with E-state index in [2.05, 4.69) is 9.97 Å². The van der Waals surface area contributed by atoms with Gasteiger partial charge < -0.3 is 5.73 Å². The molecule has 0 aliphatic heterocycles. The Balaban J connectivity index is 2.33. The largest absolute Gasteiger partial charge is 0.321 e. The SMILES string of the molecule is NC1(c2cnc(Cl)nc2)CC1. The molecule has 58 valence electrons. The fraction of sp³-hybridized carbons (Fsp3) is 0.429. The maximum Gasteiger partial charge on any atom is 0.222 e. The van der Waals surface area contributed by atoms with Crippen molar-refractivity contribution < 1.29 is 0 Å². The standard InChI is InChI=1S/C7H8ClN3/c8-6-10-3-5(4-11-6)7(9)1-2-7/h3-4H,1-2,9H2. The zero-order valence-electron chi connectivity index (χ0n) is 5.92. The molecule has 0 amide bonds. The molecule has 1 aromatic rings. The van der Waals surface area contributed by atoms with Gasteiger partial charge in [0.2, 0.25) is 5.28 Å². The summed E-state index contributed by atoms with van der Waals surface area (Å²) in [7, 11) is 0. The summed E-state index contributed by atoms with van der Waals surface area (Å²) in [5.74, 6) is 0. The second kappa shape index (κ2) is 2.16. The average Bonchev–Trinajstić information content (AvgIpc) is 2.70. The van der Waals surface area contributed by atoms with Crippen molar-refractivity contribution in [1.29, 1.82) is 0 Å². The van der Waals surface area contributed by atoms with Gasteiger partial charge in [0.15, 0.2) is 0 Å². The molecule has 1 aliphatic rings. The predicted molar refractivity (Wildman–Crippen MR) is 42.1 cm³/mol. The van der Waals surface area contributed by atoms with Crippen LogP contribution in [0.2, 0.25) is 5.28 Å². The summed E-state index contributed by atoms with van der Waals surface area (Å²) in [6.45, 7) is 0. The Bertz CT molecular complexity index is 266. The molecule has 0 radical (unpaired) electrons. The first kappa shape index (κ1) is 7.00. The van der Waals surface area contributed by atoms with Gasteiger partial charge in [-0.1, -0.05) is 0 Å². The molecule has 2 rings (SSSR count). The fourth-order valence-electron chi connectivity index (χ4n) is 0.993. The molecule has 1 heterocycles. The zero-order valence-corrected chi connectivity index (χ0v) is 6.67. The van der Waals surface area contributed by atoms with Crippen LogP contribution in [0.3, 0.4) is 0 Å². The molecule has 0 aromatic carbocycles. The molecule has 1 aromatic heterocycles. The Kier molecular flexibility index (Phi) is 1.37. The van der Waals surface area contributed by atoms with Gasteiger partial charge in [0.1, 0.15) is 0 Å². The lowest BCUT2D eigenvalue weighted by atomic mass is 10.1. The van der Waals surface area contributed by atoms with E-state index in [9.17, 15) is 0 Å². The minimum absolute atomic E-state index is 0.148. The number of aromatic nitrogens is 2. The molecule has 0 spiro atoms. The van der Waals surface area contributed by atoms with E-state index < -0.39 is 0 Å². The highest BCUT2D eigenvalue weighted by Crippen LogP contribution is 2.41. The molecule has 0 bridgehead atoms. The summed E-state index contributed by atoms with van der Waals surface area (Å²) in [6.07, 6.45) is 5.45. The summed E-state index contributed by atoms with van der Waals surface area (Å²) < 4.78 is 0. The van der Waals surface area contributed by atoms with Crippen LogP contribution < -0.4 is 5.73 Å². The minimum atomic E-state index is -0.148. The van der Waals surface area contributed by atoms with E-state index in [0.29, 0.717) is 0 Å². The van der Waals surface area contributed by atoms with E-state index in [4.69, 9.17) is 17.3 Å². The normalized spacial score (nSPS) is 19.8. The number of halogens is 1. The average molecular weight is 170 g/mol. The molecule has 4 heteroatoms. The third kappa shape index (κ3) is 1.21. The van der Waals surface area contributed by atoms with Crippen LogP contribution in [0.1, 0.15) is 18.4 Å². The van der Waals surface area contributed by atoms with Crippen LogP contribution in [-0.4, -0.2) is 9.97 Å². The van der Waals surface area contributed by atoms with Gasteiger partial charge in [-0.05, 0) is 24.4 Å². The zero-order chi connectivity index (χ0) is 7.90. The second-order valence-electron chi connectivity index (χ2n) is 2.90. The predicted octanol–water partition coefficient (Wildman–Crippen LogP) is 1.08. The lowest BCUT2D eigenvalue weighted by molar-refractivity contribution is 0.728. The van der Waals surface area contributed by atoms with Gasteiger partial charge in [0, 0.05) is 23.5 Å². The van der Waals surface area contributed by atoms with Gasteiger partial charge >= 0.3 is 0 Å². The van der Waals surface area contributed by atoms with Crippen molar-refractivity contribution in [2.75, 3.05) is 0 Å². The highest BCUT2D eigenvalue weighted by atomic mass is 35.5. The Morgan fingerprint density at radius 1 is 1.36 bits per heavy atom. The minimum Gasteiger partial charge on any atom is -0.321 e. The summed E-state index contributed by atoms with van der Waals surface area (Å²) in [4.78, 5) is 7.72. The van der Waals surface area contributed by atoms with Crippen LogP contribution in [0.5, 0.6) is 0 Å². The molecular formula is C7H8ClN3. The highest BCUT2D eigenvalue weighted by molar-refractivity contribution is 6.28. The van der Waals surface area contributed by atoms with Gasteiger partial charge in [-0.25, -0.2) is 9.97 Å². The quantitative estimate of drug-likeness (QED) is 0.640. The summed E-state index contributed by atoms with van der Waals surface area (Å²) in [6, 6.07) is 0. The van der Waals surface area contributed by atoms with Crippen LogP contribution in [0.15, 0.2) is 12.4 Å². The van der Waals surface area contributed by atoms with E-state index in [1.54, 1.807) is 12.4 Å². The molecule has 0 unspecified atom stereocenters. The van der Waals surface area contributed by atoms with Gasteiger partial charge in [0.25, 0.3) is 0 Å². The lowest BCUT2D eigenvalue weighted by Gasteiger charge is -2.05. The Labute approximate surface area is 69.6 Å². The summed E-state index contributed by atoms with van der Waals surface area (Å²) >= 11 is 5.52. The van der Waals surface area contributed by atoms with Crippen molar-refractivity contribution in [2.24, 2.45) is 5.73 Å². The topological polar surface area (TPSA) is 51.8 Å². The van der Waals surface area contributed by atoms with E-state index in [1.165, 1.54) is 0 Å². The van der Waals surface area contributed by atoms with Crippen molar-refractivity contribution in [2.45, 2.75) is 18.4 Å². The van der Waals surface area contributed by atoms with Crippen LogP contribution >= 0.6 is 11.6 Å². The molecule has 3 nitrogen and oxygen atoms in total. The monoisotopic (exact) mass is 169 g/mol. The Morgan fingerprint density at radius 3 is 2.36 bits per heavy atom. The van der Waals surface area contributed by atoms with Crippen molar-refractivity contribution in [1.82, 2.24) is 9.97 Å². The second-order valence-corrected chi connectivity index (χ2v) is 3.23. The van der Waals surface area contributed by atoms with E-state index in [1.807, 2.05) is 0 Å². The lowest BCUT2D eigenvalue weighted by Crippen LogP contribution is -2.19. The van der Waals surface area contributed by atoms with E-state index in [0.717, 1.165) is 18.4 Å². The van der Waals surface area contributed by atoms with Crippen LogP contribution in [-0.2, 0) is 5.54 Å². The van der Waals surface area contributed by atoms with Crippen LogP contribution in [0.25, 0.3) is 0 Å². The number of hydrogen-bond acceptors (Lipinski definition) is 3. The first-order valence-corrected chi connectivity index (χ1v) is 3.85. The fourth-order valence-corrected chi connectivity index (χ4v) is 1.09. The highest BCUT2D eigenvalue weighted by Gasteiger charge is 2.40. The van der Waals surface area contributed by atoms with Crippen LogP contribution in [0.4, 0.5) is 0 Å². The number of hydrogen-bond donors (Lipinski definition) is 1. The maximum absolute atomic E-state index is 5.89. The third-order valence-corrected chi connectivity index (χ3v) is 2.18. The molecule has 11 heavy (non-hydrogen) atoms. The molecule has 1 aliphatic carbocycles. The van der Waals surface area contributed by atoms with Gasteiger partial charge in [-0.2, -0.15) is 0 Å². The number of nitrogens with zero attached hydrogens (tertiary/aromatic N) is 2. The third-order valence-electron chi connectivity index (χ3n) is 1.98. The van der Waals surface area contributed by atoms with E-state index >= 15 is 0 Å². The summed E-state index contributed by atoms with van der Waals surface area (Å²) in [5, 5.41) is 0.276. The number of rotatable bonds is 1. The molecular weight excluding hydrogens is 162 g/mol. The molecule has 0 saturated heterocycles. The van der Waals surface area contributed by atoms with Crippen molar-refractivity contribution in [3.05, 3.63) is 23.2 Å². The van der Waals surface area contributed by atoms with Gasteiger partial charge in [-0.15, -0.1) is 0 Å². The molecule has 1 saturated carbocycles. The van der Waals surface area contributed by atoms with E-state index in [-0.39, 0.29) is 10.8 Å². The molecule has 2 N–H and O–H groups in total. The smallest absolute Gasteiger partial charge is 0.222 e. The maximum atomic E-state index is 5.89. The van der Waals surface area contributed by atoms with Gasteiger partial charge in [-0.3, -0.25) is 0 Å². The van der Waals surface area contributed by atoms with Crippen LogP contribution in [0, 0.1) is 0 Å². The first-order valence-electron chi connectivity index (χ1n) is 3.48. The van der Waals surface area contributed by atoms with Crippen molar-refractivity contribution in [3.8, 4) is 0 Å². The Hall–Kier alpha value is -0.670. The van der Waals surface area contributed by atoms with Crippen molar-refractivity contribution >= 4 is 11.6 Å². The first-order chi connectivity index (χ1) is 5.21. The Morgan fingerprint density at radius 2 is 1.91 bits per heavy atom. The summed E-state index contributed by atoms with van der Waals surface area (Å²) in [5.41, 5.74) is 6.73. The van der Waals surface area contributed by atoms with Gasteiger partial charge in [0.05, 0.1) is 0 Å². The molecule has 0 atom stereocenters. The number of nitrogens with two attached hydrogens (primary N) is 1.